The molecule has 0 N–H and O–H groups in total. The number of benzene rings is 2. The maximum absolute atomic E-state index is 13.5. The summed E-state index contributed by atoms with van der Waals surface area (Å²) in [4.78, 5) is 18.1. The second-order valence-corrected chi connectivity index (χ2v) is 11.8. The van der Waals surface area contributed by atoms with Crippen molar-refractivity contribution in [2.45, 2.75) is 29.8 Å². The number of rotatable bonds is 6. The first-order chi connectivity index (χ1) is 17.0. The van der Waals surface area contributed by atoms with Gasteiger partial charge in [-0.25, -0.2) is 0 Å². The number of hydrogen-bond donors (Lipinski definition) is 0. The van der Waals surface area contributed by atoms with Crippen LogP contribution in [0.15, 0.2) is 68.6 Å². The monoisotopic (exact) mass is 540 g/mol. The zero-order valence-electron chi connectivity index (χ0n) is 20.0. The van der Waals surface area contributed by atoms with Crippen LogP contribution in [-0.4, -0.2) is 25.0 Å². The van der Waals surface area contributed by atoms with Crippen molar-refractivity contribution in [2.75, 3.05) is 25.3 Å². The summed E-state index contributed by atoms with van der Waals surface area (Å²) in [5.74, 6) is 0.878. The molecule has 0 bridgehead atoms. The van der Waals surface area contributed by atoms with Crippen molar-refractivity contribution >= 4 is 63.0 Å². The Labute approximate surface area is 221 Å². The molecule has 0 radical (unpaired) electrons. The number of thioether (sulfide) groups is 2. The van der Waals surface area contributed by atoms with Gasteiger partial charge in [0.1, 0.15) is 20.0 Å². The second-order valence-electron chi connectivity index (χ2n) is 7.94. The second kappa shape index (κ2) is 10.3. The molecule has 0 saturated carbocycles. The number of anilines is 1. The summed E-state index contributed by atoms with van der Waals surface area (Å²) >= 11 is 6.66. The van der Waals surface area contributed by atoms with Gasteiger partial charge in [-0.1, -0.05) is 35.2 Å². The quantitative estimate of drug-likeness (QED) is 0.271. The highest BCUT2D eigenvalue weighted by atomic mass is 32.2. The lowest BCUT2D eigenvalue weighted by atomic mass is 10.2. The maximum atomic E-state index is 13.5. The number of hydrogen-bond acceptors (Lipinski definition) is 7. The Kier molecular flexibility index (Phi) is 7.11. The fourth-order valence-electron chi connectivity index (χ4n) is 4.11. The third-order valence-corrected chi connectivity index (χ3v) is 10.00. The van der Waals surface area contributed by atoms with Crippen molar-refractivity contribution in [1.82, 2.24) is 4.57 Å². The normalized spacial score (nSPS) is 15.1. The zero-order valence-corrected chi connectivity index (χ0v) is 23.2. The Morgan fingerprint density at radius 3 is 2.80 bits per heavy atom. The van der Waals surface area contributed by atoms with Gasteiger partial charge < -0.3 is 9.64 Å². The van der Waals surface area contributed by atoms with E-state index in [4.69, 9.17) is 4.74 Å². The van der Waals surface area contributed by atoms with Crippen molar-refractivity contribution in [3.05, 3.63) is 84.2 Å². The molecule has 4 aromatic rings. The lowest BCUT2D eigenvalue weighted by Crippen LogP contribution is -2.36. The Hall–Kier alpha value is -2.46. The van der Waals surface area contributed by atoms with Crippen LogP contribution < -0.4 is 29.0 Å². The third kappa shape index (κ3) is 4.58. The van der Waals surface area contributed by atoms with Gasteiger partial charge in [0.2, 0.25) is 0 Å². The molecule has 2 aromatic carbocycles. The topological polar surface area (TPSA) is 38.4 Å². The summed E-state index contributed by atoms with van der Waals surface area (Å²) < 4.78 is 11.4. The number of fused-ring (bicyclic) bond motifs is 1. The van der Waals surface area contributed by atoms with Crippen LogP contribution in [0.4, 0.5) is 5.69 Å². The number of methoxy groups -OCH3 is 1. The predicted octanol–water partition coefficient (Wildman–Crippen LogP) is 4.19. The van der Waals surface area contributed by atoms with Crippen LogP contribution in [0.2, 0.25) is 0 Å². The SMILES string of the molecule is CCn1c(=O)/c(=C2\Sc3cc(SC)ccc3N2C)s/c1=C\c1scc[n+]1Cc1ccccc1OC. The molecule has 35 heavy (non-hydrogen) atoms. The van der Waals surface area contributed by atoms with Crippen molar-refractivity contribution in [3.8, 4) is 5.75 Å². The van der Waals surface area contributed by atoms with Gasteiger partial charge in [0.25, 0.3) is 10.6 Å². The minimum Gasteiger partial charge on any atom is -0.496 e. The van der Waals surface area contributed by atoms with Crippen molar-refractivity contribution in [1.29, 1.82) is 0 Å². The first-order valence-corrected chi connectivity index (χ1v) is 14.9. The van der Waals surface area contributed by atoms with Gasteiger partial charge in [0.05, 0.1) is 29.8 Å². The molecule has 0 amide bonds. The van der Waals surface area contributed by atoms with E-state index in [1.165, 1.54) is 9.79 Å². The average molecular weight is 541 g/mol. The fourth-order valence-corrected chi connectivity index (χ4v) is 7.98. The molecule has 5 nitrogen and oxygen atoms in total. The number of nitrogens with zero attached hydrogens (tertiary/aromatic N) is 3. The predicted molar refractivity (Wildman–Crippen MR) is 150 cm³/mol. The smallest absolute Gasteiger partial charge is 0.271 e. The van der Waals surface area contributed by atoms with Crippen LogP contribution in [0.25, 0.3) is 11.1 Å². The van der Waals surface area contributed by atoms with E-state index >= 15 is 0 Å². The largest absolute Gasteiger partial charge is 0.496 e. The molecule has 1 aliphatic rings. The third-order valence-electron chi connectivity index (χ3n) is 5.95. The molecule has 9 heteroatoms. The Balaban J connectivity index is 1.59. The maximum Gasteiger partial charge on any atom is 0.271 e. The highest BCUT2D eigenvalue weighted by molar-refractivity contribution is 8.08. The van der Waals surface area contributed by atoms with Gasteiger partial charge in [-0.3, -0.25) is 9.36 Å². The molecule has 0 fully saturated rings. The number of aromatic nitrogens is 2. The van der Waals surface area contributed by atoms with Crippen LogP contribution in [0.5, 0.6) is 5.75 Å². The summed E-state index contributed by atoms with van der Waals surface area (Å²) in [6.45, 7) is 3.36. The molecule has 0 unspecified atom stereocenters. The van der Waals surface area contributed by atoms with E-state index in [2.05, 4.69) is 57.6 Å². The minimum absolute atomic E-state index is 0.0730. The van der Waals surface area contributed by atoms with Crippen LogP contribution >= 0.6 is 46.2 Å². The molecule has 2 aromatic heterocycles. The molecular weight excluding hydrogens is 515 g/mol. The van der Waals surface area contributed by atoms with Crippen LogP contribution in [0.1, 0.15) is 17.5 Å². The van der Waals surface area contributed by atoms with Crippen molar-refractivity contribution in [3.63, 3.8) is 0 Å². The summed E-state index contributed by atoms with van der Waals surface area (Å²) in [7, 11) is 3.75. The van der Waals surface area contributed by atoms with E-state index in [0.717, 1.165) is 36.2 Å². The highest BCUT2D eigenvalue weighted by Crippen LogP contribution is 2.46. The molecule has 0 aliphatic carbocycles. The van der Waals surface area contributed by atoms with E-state index in [1.54, 1.807) is 53.3 Å². The van der Waals surface area contributed by atoms with E-state index in [-0.39, 0.29) is 5.56 Å². The lowest BCUT2D eigenvalue weighted by Gasteiger charge is -2.12. The molecule has 0 atom stereocenters. The Morgan fingerprint density at radius 2 is 2.03 bits per heavy atom. The number of para-hydroxylation sites is 1. The summed E-state index contributed by atoms with van der Waals surface area (Å²) in [6.07, 6.45) is 6.31. The summed E-state index contributed by atoms with van der Waals surface area (Å²) in [6, 6.07) is 14.6. The highest BCUT2D eigenvalue weighted by Gasteiger charge is 2.25. The van der Waals surface area contributed by atoms with Gasteiger partial charge in [-0.15, -0.1) is 23.1 Å². The van der Waals surface area contributed by atoms with E-state index < -0.39 is 0 Å². The first-order valence-electron chi connectivity index (χ1n) is 11.2. The van der Waals surface area contributed by atoms with E-state index in [9.17, 15) is 4.79 Å². The Bertz CT molecular complexity index is 1570. The molecule has 5 rings (SSSR count). The summed E-state index contributed by atoms with van der Waals surface area (Å²) in [5, 5.41) is 4.18. The minimum atomic E-state index is 0.0730. The number of ether oxygens (including phenoxy) is 1. The fraction of sp³-hybridized carbons (Fsp3) is 0.231. The molecule has 0 saturated heterocycles. The zero-order chi connectivity index (χ0) is 24.5. The van der Waals surface area contributed by atoms with Gasteiger partial charge in [0, 0.05) is 23.4 Å². The summed E-state index contributed by atoms with van der Waals surface area (Å²) in [5.41, 5.74) is 2.34. The molecule has 0 spiro atoms. The van der Waals surface area contributed by atoms with Gasteiger partial charge in [-0.05, 0) is 43.5 Å². The Morgan fingerprint density at radius 1 is 1.20 bits per heavy atom. The van der Waals surface area contributed by atoms with Gasteiger partial charge in [0.15, 0.2) is 12.7 Å². The molecule has 180 valence electrons. The van der Waals surface area contributed by atoms with Crippen LogP contribution in [0, 0.1) is 0 Å². The standard InChI is InChI=1S/C26H26N3O2S4/c1-5-29-23(15-22-28(12-13-33-22)16-17-8-6-7-9-20(17)31-3)35-24(25(29)30)26-27(2)19-11-10-18(32-4)14-21(19)34-26/h6-15H,5,16H2,1-4H3/q+1/b26-24+. The van der Waals surface area contributed by atoms with Crippen molar-refractivity contribution in [2.24, 2.45) is 0 Å². The van der Waals surface area contributed by atoms with E-state index in [0.29, 0.717) is 13.1 Å². The average Bonchev–Trinajstić information content (AvgIpc) is 3.54. The van der Waals surface area contributed by atoms with Gasteiger partial charge in [-0.2, -0.15) is 4.57 Å². The lowest BCUT2D eigenvalue weighted by molar-refractivity contribution is -0.685. The van der Waals surface area contributed by atoms with Crippen LogP contribution in [-0.2, 0) is 13.1 Å². The van der Waals surface area contributed by atoms with Crippen molar-refractivity contribution < 1.29 is 9.30 Å². The number of thiazole rings is 2. The van der Waals surface area contributed by atoms with E-state index in [1.807, 2.05) is 36.7 Å². The molecular formula is C26H26N3O2S4+. The van der Waals surface area contributed by atoms with Crippen LogP contribution in [0.3, 0.4) is 0 Å². The first kappa shape index (κ1) is 24.2. The molecule has 1 aliphatic heterocycles. The molecule has 3 heterocycles. The van der Waals surface area contributed by atoms with Gasteiger partial charge >= 0.3 is 0 Å².